The van der Waals surface area contributed by atoms with Crippen molar-refractivity contribution < 1.29 is 19.2 Å². The molecule has 1 N–H and O–H groups in total. The maximum atomic E-state index is 12.0. The number of anilines is 1. The van der Waals surface area contributed by atoms with Gasteiger partial charge in [-0.1, -0.05) is 13.8 Å². The summed E-state index contributed by atoms with van der Waals surface area (Å²) >= 11 is 0. The minimum Gasteiger partial charge on any atom is -0.452 e. The Morgan fingerprint density at radius 1 is 1.29 bits per heavy atom. The second-order valence-corrected chi connectivity index (χ2v) is 6.03. The number of nitro benzene ring substituents is 1. The first-order valence-electron chi connectivity index (χ1n) is 7.55. The van der Waals surface area contributed by atoms with E-state index in [0.717, 1.165) is 6.07 Å². The van der Waals surface area contributed by atoms with Gasteiger partial charge in [-0.2, -0.15) is 0 Å². The molecule has 0 bridgehead atoms. The number of carbonyl (C=O) groups is 2. The van der Waals surface area contributed by atoms with Crippen LogP contribution in [0.1, 0.15) is 31.1 Å². The summed E-state index contributed by atoms with van der Waals surface area (Å²) in [7, 11) is 3.33. The monoisotopic (exact) mass is 337 g/mol. The molecule has 8 nitrogen and oxygen atoms in total. The van der Waals surface area contributed by atoms with Crippen LogP contribution in [0.15, 0.2) is 18.2 Å². The molecule has 0 fully saturated rings. The molecule has 1 aromatic carbocycles. The maximum Gasteiger partial charge on any atom is 0.338 e. The summed E-state index contributed by atoms with van der Waals surface area (Å²) in [6.45, 7) is 5.34. The Morgan fingerprint density at radius 2 is 1.92 bits per heavy atom. The standard InChI is InChI=1S/C16H23N3O5/c1-10(2)11(3)17-15(20)9-24-16(21)12-6-7-13(18(4)5)14(8-12)19(22)23/h6-8,10-11H,9H2,1-5H3,(H,17,20)/t11-/m1/s1. The van der Waals surface area contributed by atoms with Crippen molar-refractivity contribution in [3.05, 3.63) is 33.9 Å². The van der Waals surface area contributed by atoms with Crippen LogP contribution in [0.4, 0.5) is 11.4 Å². The molecule has 0 radical (unpaired) electrons. The van der Waals surface area contributed by atoms with Crippen molar-refractivity contribution in [1.82, 2.24) is 5.32 Å². The van der Waals surface area contributed by atoms with Gasteiger partial charge in [-0.25, -0.2) is 4.79 Å². The minimum absolute atomic E-state index is 0.0250. The normalized spacial score (nSPS) is 11.8. The fourth-order valence-electron chi connectivity index (χ4n) is 1.85. The van der Waals surface area contributed by atoms with Gasteiger partial charge in [0.15, 0.2) is 6.61 Å². The second kappa shape index (κ2) is 8.28. The third-order valence-electron chi connectivity index (χ3n) is 3.61. The van der Waals surface area contributed by atoms with E-state index in [9.17, 15) is 19.7 Å². The molecule has 1 aromatic rings. The zero-order valence-electron chi connectivity index (χ0n) is 14.5. The van der Waals surface area contributed by atoms with Gasteiger partial charge in [0, 0.05) is 26.2 Å². The van der Waals surface area contributed by atoms with Crippen LogP contribution in [-0.4, -0.2) is 43.5 Å². The number of carbonyl (C=O) groups excluding carboxylic acids is 2. The minimum atomic E-state index is -0.782. The van der Waals surface area contributed by atoms with Crippen molar-refractivity contribution in [3.63, 3.8) is 0 Å². The Kier molecular flexibility index (Phi) is 6.69. The number of hydrogen-bond acceptors (Lipinski definition) is 6. The van der Waals surface area contributed by atoms with E-state index in [-0.39, 0.29) is 23.2 Å². The Balaban J connectivity index is 2.77. The quantitative estimate of drug-likeness (QED) is 0.464. The average molecular weight is 337 g/mol. The van der Waals surface area contributed by atoms with Gasteiger partial charge in [-0.3, -0.25) is 14.9 Å². The van der Waals surface area contributed by atoms with Crippen LogP contribution in [0.3, 0.4) is 0 Å². The summed E-state index contributed by atoms with van der Waals surface area (Å²) in [6, 6.07) is 4.00. The topological polar surface area (TPSA) is 102 Å². The lowest BCUT2D eigenvalue weighted by Gasteiger charge is -2.17. The van der Waals surface area contributed by atoms with Crippen molar-refractivity contribution in [1.29, 1.82) is 0 Å². The SMILES string of the molecule is CC(C)[C@@H](C)NC(=O)COC(=O)c1ccc(N(C)C)c([N+](=O)[O-])c1. The highest BCUT2D eigenvalue weighted by Crippen LogP contribution is 2.27. The Bertz CT molecular complexity index is 628. The van der Waals surface area contributed by atoms with E-state index in [0.29, 0.717) is 5.69 Å². The molecule has 0 heterocycles. The first-order chi connectivity index (χ1) is 11.1. The number of nitrogens with one attached hydrogen (secondary N) is 1. The van der Waals surface area contributed by atoms with E-state index in [1.807, 2.05) is 20.8 Å². The van der Waals surface area contributed by atoms with Gasteiger partial charge >= 0.3 is 5.97 Å². The van der Waals surface area contributed by atoms with Gasteiger partial charge in [0.1, 0.15) is 5.69 Å². The van der Waals surface area contributed by atoms with Crippen molar-refractivity contribution in [3.8, 4) is 0 Å². The fraction of sp³-hybridized carbons (Fsp3) is 0.500. The van der Waals surface area contributed by atoms with Gasteiger partial charge in [0.25, 0.3) is 11.6 Å². The van der Waals surface area contributed by atoms with Crippen LogP contribution < -0.4 is 10.2 Å². The molecular formula is C16H23N3O5. The van der Waals surface area contributed by atoms with Gasteiger partial charge in [0.2, 0.25) is 0 Å². The number of hydrogen-bond donors (Lipinski definition) is 1. The number of benzene rings is 1. The highest BCUT2D eigenvalue weighted by atomic mass is 16.6. The molecule has 0 aromatic heterocycles. The first kappa shape index (κ1) is 19.4. The lowest BCUT2D eigenvalue weighted by atomic mass is 10.1. The zero-order chi connectivity index (χ0) is 18.4. The number of nitrogens with zero attached hydrogens (tertiary/aromatic N) is 2. The van der Waals surface area contributed by atoms with Gasteiger partial charge in [-0.15, -0.1) is 0 Å². The molecule has 0 unspecified atom stereocenters. The summed E-state index contributed by atoms with van der Waals surface area (Å²) in [5, 5.41) is 13.8. The van der Waals surface area contributed by atoms with Crippen LogP contribution in [0, 0.1) is 16.0 Å². The highest BCUT2D eigenvalue weighted by molar-refractivity contribution is 5.93. The lowest BCUT2D eigenvalue weighted by Crippen LogP contribution is -2.38. The molecule has 0 spiro atoms. The molecule has 0 aliphatic rings. The molecule has 24 heavy (non-hydrogen) atoms. The van der Waals surface area contributed by atoms with E-state index >= 15 is 0 Å². The van der Waals surface area contributed by atoms with Crippen molar-refractivity contribution >= 4 is 23.3 Å². The summed E-state index contributed by atoms with van der Waals surface area (Å²) in [6.07, 6.45) is 0. The number of nitro groups is 1. The molecule has 1 amide bonds. The van der Waals surface area contributed by atoms with Crippen LogP contribution in [-0.2, 0) is 9.53 Å². The molecule has 0 saturated heterocycles. The Labute approximate surface area is 140 Å². The molecule has 8 heteroatoms. The van der Waals surface area contributed by atoms with E-state index in [2.05, 4.69) is 5.32 Å². The van der Waals surface area contributed by atoms with E-state index < -0.39 is 23.4 Å². The fourth-order valence-corrected chi connectivity index (χ4v) is 1.85. The van der Waals surface area contributed by atoms with E-state index in [1.165, 1.54) is 12.1 Å². The number of amides is 1. The summed E-state index contributed by atoms with van der Waals surface area (Å²) in [5.41, 5.74) is 0.199. The summed E-state index contributed by atoms with van der Waals surface area (Å²) < 4.78 is 4.92. The Hall–Kier alpha value is -2.64. The number of esters is 1. The molecular weight excluding hydrogens is 314 g/mol. The highest BCUT2D eigenvalue weighted by Gasteiger charge is 2.20. The predicted octanol–water partition coefficient (Wildman–Crippen LogP) is 1.98. The predicted molar refractivity (Wildman–Crippen MR) is 90.1 cm³/mol. The smallest absolute Gasteiger partial charge is 0.338 e. The van der Waals surface area contributed by atoms with Gasteiger partial charge in [-0.05, 0) is 25.0 Å². The van der Waals surface area contributed by atoms with Crippen molar-refractivity contribution in [2.45, 2.75) is 26.8 Å². The van der Waals surface area contributed by atoms with Crippen LogP contribution in [0.5, 0.6) is 0 Å². The molecule has 0 aliphatic carbocycles. The third kappa shape index (κ3) is 5.22. The second-order valence-electron chi connectivity index (χ2n) is 6.03. The summed E-state index contributed by atoms with van der Waals surface area (Å²) in [4.78, 5) is 35.8. The lowest BCUT2D eigenvalue weighted by molar-refractivity contribution is -0.384. The van der Waals surface area contributed by atoms with Crippen LogP contribution in [0.25, 0.3) is 0 Å². The van der Waals surface area contributed by atoms with Gasteiger partial charge in [0.05, 0.1) is 10.5 Å². The Morgan fingerprint density at radius 3 is 2.42 bits per heavy atom. The first-order valence-corrected chi connectivity index (χ1v) is 7.55. The largest absolute Gasteiger partial charge is 0.452 e. The third-order valence-corrected chi connectivity index (χ3v) is 3.61. The number of rotatable bonds is 7. The number of ether oxygens (including phenoxy) is 1. The van der Waals surface area contributed by atoms with Crippen molar-refractivity contribution in [2.24, 2.45) is 5.92 Å². The summed E-state index contributed by atoms with van der Waals surface area (Å²) in [5.74, 6) is -0.939. The zero-order valence-corrected chi connectivity index (χ0v) is 14.5. The average Bonchev–Trinajstić information content (AvgIpc) is 2.51. The molecule has 1 atom stereocenters. The van der Waals surface area contributed by atoms with E-state index in [1.54, 1.807) is 19.0 Å². The molecule has 1 rings (SSSR count). The van der Waals surface area contributed by atoms with Gasteiger partial charge < -0.3 is 15.0 Å². The maximum absolute atomic E-state index is 12.0. The molecule has 0 aliphatic heterocycles. The van der Waals surface area contributed by atoms with E-state index in [4.69, 9.17) is 4.74 Å². The molecule has 132 valence electrons. The molecule has 0 saturated carbocycles. The van der Waals surface area contributed by atoms with Crippen LogP contribution >= 0.6 is 0 Å². The van der Waals surface area contributed by atoms with Crippen molar-refractivity contribution in [2.75, 3.05) is 25.6 Å². The van der Waals surface area contributed by atoms with Crippen LogP contribution in [0.2, 0.25) is 0 Å².